The number of aromatic nitrogens is 1. The maximum atomic E-state index is 12.4. The summed E-state index contributed by atoms with van der Waals surface area (Å²) in [6.45, 7) is 4.28. The number of carbonyl (C=O) groups excluding carboxylic acids is 1. The van der Waals surface area contributed by atoms with Gasteiger partial charge in [-0.2, -0.15) is 0 Å². The molecule has 4 heteroatoms. The van der Waals surface area contributed by atoms with Crippen molar-refractivity contribution in [2.75, 3.05) is 5.73 Å². The van der Waals surface area contributed by atoms with E-state index in [1.807, 2.05) is 50.2 Å². The molecular weight excluding hydrogens is 250 g/mol. The summed E-state index contributed by atoms with van der Waals surface area (Å²) in [6.07, 6.45) is 3.46. The molecule has 0 aliphatic carbocycles. The predicted molar refractivity (Wildman–Crippen MR) is 80.0 cm³/mol. The van der Waals surface area contributed by atoms with Gasteiger partial charge < -0.3 is 11.1 Å². The molecule has 104 valence electrons. The number of rotatable bonds is 4. The van der Waals surface area contributed by atoms with E-state index in [4.69, 9.17) is 5.73 Å². The number of benzene rings is 1. The van der Waals surface area contributed by atoms with E-state index in [-0.39, 0.29) is 5.91 Å². The van der Waals surface area contributed by atoms with E-state index in [2.05, 4.69) is 10.3 Å². The Kier molecular flexibility index (Phi) is 4.03. The average molecular weight is 269 g/mol. The van der Waals surface area contributed by atoms with Crippen molar-refractivity contribution in [2.24, 2.45) is 0 Å². The first kappa shape index (κ1) is 14.1. The molecule has 4 nitrogen and oxygen atoms in total. The minimum absolute atomic E-state index is 0.0221. The van der Waals surface area contributed by atoms with Gasteiger partial charge in [0.25, 0.3) is 0 Å². The summed E-state index contributed by atoms with van der Waals surface area (Å²) in [5.41, 5.74) is 7.69. The van der Waals surface area contributed by atoms with Crippen molar-refractivity contribution < 1.29 is 4.79 Å². The largest absolute Gasteiger partial charge is 0.399 e. The Labute approximate surface area is 119 Å². The number of hydrogen-bond donors (Lipinski definition) is 2. The molecule has 0 aliphatic heterocycles. The van der Waals surface area contributed by atoms with Crippen molar-refractivity contribution in [1.82, 2.24) is 10.3 Å². The fraction of sp³-hybridized carbons (Fsp3) is 0.250. The van der Waals surface area contributed by atoms with Crippen LogP contribution in [0.5, 0.6) is 0 Å². The molecule has 0 radical (unpaired) electrons. The standard InChI is InChI=1S/C16H19N3O/c1-16(2,13-5-7-14(17)8-6-13)15(20)19-11-12-4-3-9-18-10-12/h3-10H,11,17H2,1-2H3,(H,19,20). The molecule has 0 saturated carbocycles. The Hall–Kier alpha value is -2.36. The predicted octanol–water partition coefficient (Wildman–Crippen LogP) is 2.26. The molecule has 0 unspecified atom stereocenters. The maximum Gasteiger partial charge on any atom is 0.230 e. The zero-order valence-electron chi connectivity index (χ0n) is 11.8. The van der Waals surface area contributed by atoms with E-state index in [1.54, 1.807) is 12.4 Å². The first-order chi connectivity index (χ1) is 9.50. The number of pyridine rings is 1. The molecule has 1 aromatic heterocycles. The lowest BCUT2D eigenvalue weighted by molar-refractivity contribution is -0.125. The number of nitrogens with zero attached hydrogens (tertiary/aromatic N) is 1. The summed E-state index contributed by atoms with van der Waals surface area (Å²) >= 11 is 0. The number of carbonyl (C=O) groups is 1. The molecule has 3 N–H and O–H groups in total. The number of hydrogen-bond acceptors (Lipinski definition) is 3. The summed E-state index contributed by atoms with van der Waals surface area (Å²) in [5, 5.41) is 2.94. The molecule has 0 fully saturated rings. The van der Waals surface area contributed by atoms with Gasteiger partial charge in [-0.3, -0.25) is 9.78 Å². The van der Waals surface area contributed by atoms with Gasteiger partial charge in [0.2, 0.25) is 5.91 Å². The fourth-order valence-corrected chi connectivity index (χ4v) is 1.94. The average Bonchev–Trinajstić information content (AvgIpc) is 2.46. The van der Waals surface area contributed by atoms with E-state index >= 15 is 0 Å². The Morgan fingerprint density at radius 1 is 1.25 bits per heavy atom. The topological polar surface area (TPSA) is 68.0 Å². The minimum Gasteiger partial charge on any atom is -0.399 e. The van der Waals surface area contributed by atoms with E-state index in [0.29, 0.717) is 12.2 Å². The number of amides is 1. The number of nitrogens with two attached hydrogens (primary N) is 1. The first-order valence-corrected chi connectivity index (χ1v) is 6.53. The molecule has 0 atom stereocenters. The van der Waals surface area contributed by atoms with Crippen LogP contribution >= 0.6 is 0 Å². The zero-order chi connectivity index (χ0) is 14.6. The molecule has 0 saturated heterocycles. The Balaban J connectivity index is 2.05. The van der Waals surface area contributed by atoms with Crippen LogP contribution in [0.25, 0.3) is 0 Å². The van der Waals surface area contributed by atoms with Gasteiger partial charge >= 0.3 is 0 Å². The van der Waals surface area contributed by atoms with Crippen molar-refractivity contribution in [3.05, 3.63) is 59.9 Å². The van der Waals surface area contributed by atoms with Gasteiger partial charge in [0.1, 0.15) is 0 Å². The van der Waals surface area contributed by atoms with Gasteiger partial charge in [-0.15, -0.1) is 0 Å². The van der Waals surface area contributed by atoms with Gasteiger partial charge in [-0.05, 0) is 43.2 Å². The Bertz CT molecular complexity index is 576. The van der Waals surface area contributed by atoms with Crippen LogP contribution in [0.2, 0.25) is 0 Å². The normalized spacial score (nSPS) is 11.1. The molecule has 2 aromatic rings. The minimum atomic E-state index is -0.601. The second-order valence-electron chi connectivity index (χ2n) is 5.29. The van der Waals surface area contributed by atoms with Crippen LogP contribution in [-0.2, 0) is 16.8 Å². The lowest BCUT2D eigenvalue weighted by Gasteiger charge is -2.24. The summed E-state index contributed by atoms with van der Waals surface area (Å²) in [6, 6.07) is 11.2. The highest BCUT2D eigenvalue weighted by molar-refractivity contribution is 5.87. The third-order valence-corrected chi connectivity index (χ3v) is 3.38. The third-order valence-electron chi connectivity index (χ3n) is 3.38. The highest BCUT2D eigenvalue weighted by Gasteiger charge is 2.29. The summed E-state index contributed by atoms with van der Waals surface area (Å²) in [4.78, 5) is 16.4. The highest BCUT2D eigenvalue weighted by Crippen LogP contribution is 2.24. The number of anilines is 1. The fourth-order valence-electron chi connectivity index (χ4n) is 1.94. The second kappa shape index (κ2) is 5.74. The van der Waals surface area contributed by atoms with Gasteiger partial charge in [0.05, 0.1) is 5.41 Å². The quantitative estimate of drug-likeness (QED) is 0.837. The third kappa shape index (κ3) is 3.15. The lowest BCUT2D eigenvalue weighted by atomic mass is 9.83. The van der Waals surface area contributed by atoms with Gasteiger partial charge in [0, 0.05) is 24.6 Å². The zero-order valence-corrected chi connectivity index (χ0v) is 11.8. The van der Waals surface area contributed by atoms with Crippen molar-refractivity contribution >= 4 is 11.6 Å². The monoisotopic (exact) mass is 269 g/mol. The molecule has 0 bridgehead atoms. The molecule has 20 heavy (non-hydrogen) atoms. The van der Waals surface area contributed by atoms with Crippen molar-refractivity contribution in [2.45, 2.75) is 25.8 Å². The van der Waals surface area contributed by atoms with E-state index < -0.39 is 5.41 Å². The van der Waals surface area contributed by atoms with Crippen LogP contribution < -0.4 is 11.1 Å². The highest BCUT2D eigenvalue weighted by atomic mass is 16.2. The molecular formula is C16H19N3O. The molecule has 1 aromatic carbocycles. The van der Waals surface area contributed by atoms with Gasteiger partial charge in [-0.25, -0.2) is 0 Å². The Morgan fingerprint density at radius 2 is 1.95 bits per heavy atom. The number of nitrogen functional groups attached to an aromatic ring is 1. The van der Waals surface area contributed by atoms with E-state index in [1.165, 1.54) is 0 Å². The Morgan fingerprint density at radius 3 is 2.55 bits per heavy atom. The summed E-state index contributed by atoms with van der Waals surface area (Å²) < 4.78 is 0. The van der Waals surface area contributed by atoms with Crippen LogP contribution in [0.15, 0.2) is 48.8 Å². The van der Waals surface area contributed by atoms with Gasteiger partial charge in [0.15, 0.2) is 0 Å². The van der Waals surface area contributed by atoms with Crippen molar-refractivity contribution in [3.8, 4) is 0 Å². The van der Waals surface area contributed by atoms with Crippen LogP contribution in [-0.4, -0.2) is 10.9 Å². The SMILES string of the molecule is CC(C)(C(=O)NCc1cccnc1)c1ccc(N)cc1. The van der Waals surface area contributed by atoms with Crippen LogP contribution in [0.4, 0.5) is 5.69 Å². The van der Waals surface area contributed by atoms with Crippen LogP contribution in [0, 0.1) is 0 Å². The van der Waals surface area contributed by atoms with Gasteiger partial charge in [-0.1, -0.05) is 18.2 Å². The second-order valence-corrected chi connectivity index (χ2v) is 5.29. The molecule has 0 spiro atoms. The number of nitrogens with one attached hydrogen (secondary N) is 1. The molecule has 0 aliphatic rings. The molecule has 1 heterocycles. The van der Waals surface area contributed by atoms with Crippen molar-refractivity contribution in [3.63, 3.8) is 0 Å². The van der Waals surface area contributed by atoms with Crippen molar-refractivity contribution in [1.29, 1.82) is 0 Å². The van der Waals surface area contributed by atoms with E-state index in [9.17, 15) is 4.79 Å². The van der Waals surface area contributed by atoms with E-state index in [0.717, 1.165) is 11.1 Å². The molecule has 1 amide bonds. The lowest BCUT2D eigenvalue weighted by Crippen LogP contribution is -2.39. The van der Waals surface area contributed by atoms with Crippen LogP contribution in [0.1, 0.15) is 25.0 Å². The van der Waals surface area contributed by atoms with Crippen LogP contribution in [0.3, 0.4) is 0 Å². The first-order valence-electron chi connectivity index (χ1n) is 6.53. The smallest absolute Gasteiger partial charge is 0.230 e. The summed E-state index contributed by atoms with van der Waals surface area (Å²) in [7, 11) is 0. The maximum absolute atomic E-state index is 12.4. The summed E-state index contributed by atoms with van der Waals surface area (Å²) in [5.74, 6) is -0.0221. The molecule has 2 rings (SSSR count).